The number of carboxylic acid groups (broad SMARTS) is 1. The molecule has 0 saturated carbocycles. The zero-order chi connectivity index (χ0) is 12.0. The minimum Gasteiger partial charge on any atom is -0.480 e. The predicted octanol–water partition coefficient (Wildman–Crippen LogP) is -0.240. The number of carbonyl (C=O) groups excluding carboxylic acids is 1. The second-order valence-corrected chi connectivity index (χ2v) is 3.00. The van der Waals surface area contributed by atoms with Crippen LogP contribution in [0.15, 0.2) is 30.3 Å². The lowest BCUT2D eigenvalue weighted by molar-refractivity contribution is -0.142. The van der Waals surface area contributed by atoms with Gasteiger partial charge in [-0.3, -0.25) is 4.79 Å². The number of nitrogens with two attached hydrogens (primary N) is 1. The quantitative estimate of drug-likeness (QED) is 0.596. The summed E-state index contributed by atoms with van der Waals surface area (Å²) >= 11 is 0. The van der Waals surface area contributed by atoms with Gasteiger partial charge in [0, 0.05) is 6.54 Å². The Hall–Kier alpha value is -1.92. The van der Waals surface area contributed by atoms with Gasteiger partial charge in [0.1, 0.15) is 0 Å². The Morgan fingerprint density at radius 3 is 2.50 bits per heavy atom. The van der Waals surface area contributed by atoms with E-state index in [0.717, 1.165) is 0 Å². The fraction of sp³-hybridized carbons (Fsp3) is 0.200. The van der Waals surface area contributed by atoms with Crippen LogP contribution in [0.25, 0.3) is 0 Å². The Kier molecular flexibility index (Phi) is 4.43. The molecule has 0 aliphatic heterocycles. The number of hydrogen-bond acceptors (Lipinski definition) is 5. The van der Waals surface area contributed by atoms with Crippen LogP contribution in [0.4, 0.5) is 0 Å². The lowest BCUT2D eigenvalue weighted by Gasteiger charge is -2.11. The topological polar surface area (TPSA) is 102 Å². The third-order valence-corrected chi connectivity index (χ3v) is 1.84. The van der Waals surface area contributed by atoms with Gasteiger partial charge in [-0.05, 0) is 12.1 Å². The Labute approximate surface area is 92.0 Å². The molecular weight excluding hydrogens is 212 g/mol. The number of hydroxylamine groups is 1. The average molecular weight is 224 g/mol. The lowest BCUT2D eigenvalue weighted by atomic mass is 10.2. The molecule has 0 heterocycles. The second kappa shape index (κ2) is 5.84. The number of nitrogens with one attached hydrogen (secondary N) is 1. The molecular formula is C10H12N2O4. The van der Waals surface area contributed by atoms with Crippen molar-refractivity contribution in [3.8, 4) is 0 Å². The van der Waals surface area contributed by atoms with Crippen LogP contribution in [-0.4, -0.2) is 29.6 Å². The minimum absolute atomic E-state index is 0.169. The summed E-state index contributed by atoms with van der Waals surface area (Å²) in [6, 6.07) is 7.12. The fourth-order valence-corrected chi connectivity index (χ4v) is 0.957. The summed E-state index contributed by atoms with van der Waals surface area (Å²) in [5.74, 6) is -1.83. The van der Waals surface area contributed by atoms with E-state index in [4.69, 9.17) is 10.8 Å². The fourth-order valence-electron chi connectivity index (χ4n) is 0.957. The maximum absolute atomic E-state index is 11.4. The van der Waals surface area contributed by atoms with Crippen LogP contribution in [0.2, 0.25) is 0 Å². The van der Waals surface area contributed by atoms with Crippen molar-refractivity contribution in [2.45, 2.75) is 6.04 Å². The van der Waals surface area contributed by atoms with E-state index in [2.05, 4.69) is 10.3 Å². The van der Waals surface area contributed by atoms with E-state index in [1.54, 1.807) is 30.3 Å². The maximum Gasteiger partial charge on any atom is 0.356 e. The highest BCUT2D eigenvalue weighted by molar-refractivity contribution is 5.89. The highest BCUT2D eigenvalue weighted by Gasteiger charge is 2.17. The van der Waals surface area contributed by atoms with Crippen molar-refractivity contribution in [1.82, 2.24) is 5.48 Å². The van der Waals surface area contributed by atoms with E-state index in [-0.39, 0.29) is 6.54 Å². The van der Waals surface area contributed by atoms with Crippen LogP contribution < -0.4 is 11.2 Å². The zero-order valence-electron chi connectivity index (χ0n) is 8.42. The third kappa shape index (κ3) is 3.34. The Morgan fingerprint density at radius 1 is 1.38 bits per heavy atom. The first kappa shape index (κ1) is 12.2. The van der Waals surface area contributed by atoms with E-state index in [1.165, 1.54) is 0 Å². The minimum atomic E-state index is -1.18. The van der Waals surface area contributed by atoms with Crippen molar-refractivity contribution < 1.29 is 19.5 Å². The van der Waals surface area contributed by atoms with Gasteiger partial charge in [-0.1, -0.05) is 18.2 Å². The number of rotatable bonds is 5. The number of carbonyl (C=O) groups is 2. The Balaban J connectivity index is 2.50. The SMILES string of the molecule is NC[C@@H](NOC(=O)c1ccccc1)C(=O)O. The van der Waals surface area contributed by atoms with Crippen molar-refractivity contribution in [2.75, 3.05) is 6.54 Å². The van der Waals surface area contributed by atoms with Crippen molar-refractivity contribution in [3.05, 3.63) is 35.9 Å². The Morgan fingerprint density at radius 2 is 2.00 bits per heavy atom. The molecule has 0 aliphatic carbocycles. The molecule has 0 aromatic heterocycles. The molecule has 16 heavy (non-hydrogen) atoms. The molecule has 0 radical (unpaired) electrons. The Bertz CT molecular complexity index is 366. The van der Waals surface area contributed by atoms with Gasteiger partial charge in [0.05, 0.1) is 5.56 Å². The molecule has 0 aliphatic rings. The van der Waals surface area contributed by atoms with Gasteiger partial charge in [0.25, 0.3) is 0 Å². The highest BCUT2D eigenvalue weighted by atomic mass is 16.7. The van der Waals surface area contributed by atoms with Crippen molar-refractivity contribution >= 4 is 11.9 Å². The van der Waals surface area contributed by atoms with Crippen LogP contribution in [0, 0.1) is 0 Å². The summed E-state index contributed by atoms with van der Waals surface area (Å²) in [6.07, 6.45) is 0. The standard InChI is InChI=1S/C10H12N2O4/c11-6-8(9(13)14)12-16-10(15)7-4-2-1-3-5-7/h1-5,8,12H,6,11H2,(H,13,14)/t8-/m1/s1. The molecule has 1 aromatic rings. The number of aliphatic carboxylic acids is 1. The van der Waals surface area contributed by atoms with Crippen LogP contribution in [0.5, 0.6) is 0 Å². The number of benzene rings is 1. The first-order valence-electron chi connectivity index (χ1n) is 4.59. The monoisotopic (exact) mass is 224 g/mol. The van der Waals surface area contributed by atoms with Gasteiger partial charge in [0.2, 0.25) is 0 Å². The summed E-state index contributed by atoms with van der Waals surface area (Å²) in [6.45, 7) is -0.169. The average Bonchev–Trinajstić information content (AvgIpc) is 2.30. The number of carboxylic acids is 1. The van der Waals surface area contributed by atoms with Crippen LogP contribution in [-0.2, 0) is 9.63 Å². The first-order valence-corrected chi connectivity index (χ1v) is 4.59. The molecule has 1 rings (SSSR count). The zero-order valence-corrected chi connectivity index (χ0v) is 8.42. The van der Waals surface area contributed by atoms with Crippen LogP contribution in [0.3, 0.4) is 0 Å². The molecule has 4 N–H and O–H groups in total. The van der Waals surface area contributed by atoms with E-state index in [1.807, 2.05) is 0 Å². The van der Waals surface area contributed by atoms with E-state index in [9.17, 15) is 9.59 Å². The van der Waals surface area contributed by atoms with Gasteiger partial charge in [-0.15, -0.1) is 5.48 Å². The first-order chi connectivity index (χ1) is 7.65. The number of hydrogen-bond donors (Lipinski definition) is 3. The molecule has 6 nitrogen and oxygen atoms in total. The van der Waals surface area contributed by atoms with Gasteiger partial charge in [-0.25, -0.2) is 4.79 Å². The molecule has 86 valence electrons. The van der Waals surface area contributed by atoms with Gasteiger partial charge < -0.3 is 15.7 Å². The third-order valence-electron chi connectivity index (χ3n) is 1.84. The molecule has 6 heteroatoms. The highest BCUT2D eigenvalue weighted by Crippen LogP contribution is 1.99. The van der Waals surface area contributed by atoms with Crippen molar-refractivity contribution in [2.24, 2.45) is 5.73 Å². The van der Waals surface area contributed by atoms with Crippen LogP contribution in [0.1, 0.15) is 10.4 Å². The maximum atomic E-state index is 11.4. The van der Waals surface area contributed by atoms with Gasteiger partial charge >= 0.3 is 11.9 Å². The van der Waals surface area contributed by atoms with Gasteiger partial charge in [0.15, 0.2) is 6.04 Å². The van der Waals surface area contributed by atoms with Crippen molar-refractivity contribution in [3.63, 3.8) is 0 Å². The lowest BCUT2D eigenvalue weighted by Crippen LogP contribution is -2.43. The summed E-state index contributed by atoms with van der Waals surface area (Å²) in [5, 5.41) is 8.62. The van der Waals surface area contributed by atoms with Gasteiger partial charge in [-0.2, -0.15) is 0 Å². The summed E-state index contributed by atoms with van der Waals surface area (Å²) < 4.78 is 0. The van der Waals surface area contributed by atoms with E-state index >= 15 is 0 Å². The largest absolute Gasteiger partial charge is 0.480 e. The molecule has 1 atom stereocenters. The molecule has 0 fully saturated rings. The predicted molar refractivity (Wildman–Crippen MR) is 55.5 cm³/mol. The molecule has 1 aromatic carbocycles. The molecule has 0 bridgehead atoms. The molecule has 0 unspecified atom stereocenters. The molecule has 0 spiro atoms. The summed E-state index contributed by atoms with van der Waals surface area (Å²) in [7, 11) is 0. The van der Waals surface area contributed by atoms with E-state index < -0.39 is 18.0 Å². The molecule has 0 saturated heterocycles. The summed E-state index contributed by atoms with van der Waals surface area (Å²) in [4.78, 5) is 26.5. The van der Waals surface area contributed by atoms with Crippen molar-refractivity contribution in [1.29, 1.82) is 0 Å². The second-order valence-electron chi connectivity index (χ2n) is 3.00. The summed E-state index contributed by atoms with van der Waals surface area (Å²) in [5.41, 5.74) is 7.59. The molecule has 0 amide bonds. The van der Waals surface area contributed by atoms with E-state index in [0.29, 0.717) is 5.56 Å². The van der Waals surface area contributed by atoms with Crippen LogP contribution >= 0.6 is 0 Å². The normalized spacial score (nSPS) is 11.8. The smallest absolute Gasteiger partial charge is 0.356 e.